The second-order valence-electron chi connectivity index (χ2n) is 5.40. The van der Waals surface area contributed by atoms with Crippen LogP contribution in [0.1, 0.15) is 10.6 Å². The quantitative estimate of drug-likeness (QED) is 0.626. The molecule has 0 unspecified atom stereocenters. The van der Waals surface area contributed by atoms with Gasteiger partial charge in [-0.1, -0.05) is 24.3 Å². The van der Waals surface area contributed by atoms with Gasteiger partial charge in [-0.3, -0.25) is 10.1 Å². The third-order valence-corrected chi connectivity index (χ3v) is 3.97. The number of amides is 1. The minimum Gasteiger partial charge on any atom is -0.492 e. The van der Waals surface area contributed by atoms with Crippen molar-refractivity contribution in [2.24, 2.45) is 7.05 Å². The predicted octanol–water partition coefficient (Wildman–Crippen LogP) is 3.58. The summed E-state index contributed by atoms with van der Waals surface area (Å²) in [7, 11) is 3.37. The summed E-state index contributed by atoms with van der Waals surface area (Å²) < 4.78 is 12.9. The third kappa shape index (κ3) is 2.11. The molecule has 2 aromatic heterocycles. The molecule has 24 heavy (non-hydrogen) atoms. The molecule has 2 heterocycles. The molecule has 2 aromatic carbocycles. The minimum absolute atomic E-state index is 0.130. The van der Waals surface area contributed by atoms with Gasteiger partial charge in [-0.15, -0.1) is 0 Å². The highest BCUT2D eigenvalue weighted by molar-refractivity contribution is 6.08. The first-order chi connectivity index (χ1) is 11.7. The van der Waals surface area contributed by atoms with Crippen molar-refractivity contribution >= 4 is 33.9 Å². The first-order valence-corrected chi connectivity index (χ1v) is 7.47. The summed E-state index contributed by atoms with van der Waals surface area (Å²) in [6.07, 6.45) is 0. The lowest BCUT2D eigenvalue weighted by atomic mass is 10.2. The number of rotatable bonds is 3. The van der Waals surface area contributed by atoms with Gasteiger partial charge < -0.3 is 13.7 Å². The van der Waals surface area contributed by atoms with Crippen LogP contribution in [0.4, 0.5) is 5.95 Å². The zero-order valence-electron chi connectivity index (χ0n) is 13.2. The third-order valence-electron chi connectivity index (χ3n) is 3.97. The van der Waals surface area contributed by atoms with Crippen molar-refractivity contribution in [3.63, 3.8) is 0 Å². The number of hydrogen-bond donors (Lipinski definition) is 1. The van der Waals surface area contributed by atoms with Gasteiger partial charge in [0.2, 0.25) is 11.7 Å². The van der Waals surface area contributed by atoms with Crippen molar-refractivity contribution in [2.45, 2.75) is 0 Å². The van der Waals surface area contributed by atoms with E-state index in [1.807, 2.05) is 54.1 Å². The van der Waals surface area contributed by atoms with Crippen LogP contribution in [0, 0.1) is 0 Å². The van der Waals surface area contributed by atoms with E-state index >= 15 is 0 Å². The second-order valence-corrected chi connectivity index (χ2v) is 5.40. The highest BCUT2D eigenvalue weighted by Crippen LogP contribution is 2.33. The molecule has 4 aromatic rings. The number of imidazole rings is 1. The Morgan fingerprint density at radius 2 is 1.92 bits per heavy atom. The SMILES string of the molecule is COc1c(C(=O)Nc2nc3ccccc3n2C)oc2ccccc12. The molecule has 0 saturated heterocycles. The van der Waals surface area contributed by atoms with E-state index in [0.717, 1.165) is 16.4 Å². The lowest BCUT2D eigenvalue weighted by Crippen LogP contribution is -2.15. The average Bonchev–Trinajstić information content (AvgIpc) is 3.13. The summed E-state index contributed by atoms with van der Waals surface area (Å²) in [6.45, 7) is 0. The van der Waals surface area contributed by atoms with Gasteiger partial charge in [0.05, 0.1) is 23.5 Å². The number of fused-ring (bicyclic) bond motifs is 2. The summed E-state index contributed by atoms with van der Waals surface area (Å²) in [5.41, 5.74) is 2.35. The normalized spacial score (nSPS) is 11.1. The highest BCUT2D eigenvalue weighted by Gasteiger charge is 2.22. The standard InChI is InChI=1S/C18H15N3O3/c1-21-13-9-5-4-8-12(13)19-18(21)20-17(22)16-15(23-2)11-7-3-6-10-14(11)24-16/h3-10H,1-2H3,(H,19,20,22). The summed E-state index contributed by atoms with van der Waals surface area (Å²) >= 11 is 0. The topological polar surface area (TPSA) is 69.3 Å². The molecule has 0 radical (unpaired) electrons. The molecule has 0 bridgehead atoms. The van der Waals surface area contributed by atoms with E-state index < -0.39 is 5.91 Å². The van der Waals surface area contributed by atoms with Crippen molar-refractivity contribution in [1.29, 1.82) is 0 Å². The molecule has 4 rings (SSSR count). The Balaban J connectivity index is 1.75. The first-order valence-electron chi connectivity index (χ1n) is 7.47. The summed E-state index contributed by atoms with van der Waals surface area (Å²) in [6, 6.07) is 15.0. The van der Waals surface area contributed by atoms with Crippen molar-refractivity contribution < 1.29 is 13.9 Å². The number of benzene rings is 2. The van der Waals surface area contributed by atoms with E-state index in [1.54, 1.807) is 6.07 Å². The monoisotopic (exact) mass is 321 g/mol. The van der Waals surface area contributed by atoms with E-state index in [4.69, 9.17) is 9.15 Å². The first kappa shape index (κ1) is 14.3. The fourth-order valence-electron chi connectivity index (χ4n) is 2.79. The molecule has 1 N–H and O–H groups in total. The summed E-state index contributed by atoms with van der Waals surface area (Å²) in [5, 5.41) is 3.55. The Kier molecular flexibility index (Phi) is 3.23. The van der Waals surface area contributed by atoms with Gasteiger partial charge in [0.1, 0.15) is 5.58 Å². The van der Waals surface area contributed by atoms with E-state index in [9.17, 15) is 4.79 Å². The highest BCUT2D eigenvalue weighted by atomic mass is 16.5. The number of methoxy groups -OCH3 is 1. The van der Waals surface area contributed by atoms with Crippen LogP contribution in [0.5, 0.6) is 5.75 Å². The lowest BCUT2D eigenvalue weighted by Gasteiger charge is -2.04. The number of nitrogens with zero attached hydrogens (tertiary/aromatic N) is 2. The van der Waals surface area contributed by atoms with Crippen LogP contribution in [0.25, 0.3) is 22.0 Å². The molecule has 6 nitrogen and oxygen atoms in total. The molecule has 120 valence electrons. The van der Waals surface area contributed by atoms with Crippen LogP contribution in [-0.2, 0) is 7.05 Å². The molecule has 0 aliphatic rings. The molecule has 0 aliphatic carbocycles. The summed E-state index contributed by atoms with van der Waals surface area (Å²) in [5.74, 6) is 0.595. The van der Waals surface area contributed by atoms with E-state index in [1.165, 1.54) is 7.11 Å². The number of ether oxygens (including phenoxy) is 1. The Hall–Kier alpha value is -3.28. The number of anilines is 1. The van der Waals surface area contributed by atoms with Crippen molar-refractivity contribution in [1.82, 2.24) is 9.55 Å². The maximum atomic E-state index is 12.7. The Bertz CT molecular complexity index is 1060. The van der Waals surface area contributed by atoms with Gasteiger partial charge in [0, 0.05) is 7.05 Å². The van der Waals surface area contributed by atoms with E-state index in [2.05, 4.69) is 10.3 Å². The van der Waals surface area contributed by atoms with Crippen molar-refractivity contribution in [3.8, 4) is 5.75 Å². The van der Waals surface area contributed by atoms with Crippen LogP contribution >= 0.6 is 0 Å². The Morgan fingerprint density at radius 1 is 1.17 bits per heavy atom. The van der Waals surface area contributed by atoms with Crippen LogP contribution < -0.4 is 10.1 Å². The second kappa shape index (κ2) is 5.42. The summed E-state index contributed by atoms with van der Waals surface area (Å²) in [4.78, 5) is 17.1. The maximum absolute atomic E-state index is 12.7. The Labute approximate surface area is 137 Å². The van der Waals surface area contributed by atoms with Crippen molar-refractivity contribution in [3.05, 3.63) is 54.3 Å². The van der Waals surface area contributed by atoms with Gasteiger partial charge in [0.25, 0.3) is 5.91 Å². The van der Waals surface area contributed by atoms with Crippen LogP contribution in [0.15, 0.2) is 52.9 Å². The van der Waals surface area contributed by atoms with Gasteiger partial charge >= 0.3 is 0 Å². The molecule has 0 fully saturated rings. The lowest BCUT2D eigenvalue weighted by molar-refractivity contribution is 0.0993. The minimum atomic E-state index is -0.401. The number of aryl methyl sites for hydroxylation is 1. The van der Waals surface area contributed by atoms with Gasteiger partial charge in [-0.2, -0.15) is 0 Å². The number of furan rings is 1. The molecule has 1 amide bonds. The largest absolute Gasteiger partial charge is 0.492 e. The molecule has 0 aliphatic heterocycles. The maximum Gasteiger partial charge on any atom is 0.297 e. The van der Waals surface area contributed by atoms with Crippen LogP contribution in [0.2, 0.25) is 0 Å². The molecule has 0 atom stereocenters. The molecule has 0 spiro atoms. The number of nitrogens with one attached hydrogen (secondary N) is 1. The zero-order valence-corrected chi connectivity index (χ0v) is 13.2. The fourth-order valence-corrected chi connectivity index (χ4v) is 2.79. The number of para-hydroxylation sites is 3. The Morgan fingerprint density at radius 3 is 2.71 bits per heavy atom. The van der Waals surface area contributed by atoms with E-state index in [0.29, 0.717) is 17.3 Å². The number of carbonyl (C=O) groups excluding carboxylic acids is 1. The average molecular weight is 321 g/mol. The van der Waals surface area contributed by atoms with E-state index in [-0.39, 0.29) is 5.76 Å². The number of carbonyl (C=O) groups is 1. The fraction of sp³-hybridized carbons (Fsp3) is 0.111. The smallest absolute Gasteiger partial charge is 0.297 e. The number of hydrogen-bond acceptors (Lipinski definition) is 4. The van der Waals surface area contributed by atoms with Gasteiger partial charge in [-0.05, 0) is 24.3 Å². The molecular formula is C18H15N3O3. The predicted molar refractivity (Wildman–Crippen MR) is 91.4 cm³/mol. The zero-order chi connectivity index (χ0) is 16.7. The van der Waals surface area contributed by atoms with Gasteiger partial charge in [-0.25, -0.2) is 4.98 Å². The van der Waals surface area contributed by atoms with Gasteiger partial charge in [0.15, 0.2) is 5.75 Å². The molecule has 0 saturated carbocycles. The van der Waals surface area contributed by atoms with Crippen molar-refractivity contribution in [2.75, 3.05) is 12.4 Å². The molecule has 6 heteroatoms. The van der Waals surface area contributed by atoms with Crippen LogP contribution in [-0.4, -0.2) is 22.6 Å². The van der Waals surface area contributed by atoms with Crippen LogP contribution in [0.3, 0.4) is 0 Å². The number of aromatic nitrogens is 2. The molecular weight excluding hydrogens is 306 g/mol.